The van der Waals surface area contributed by atoms with Crippen LogP contribution in [-0.2, 0) is 10.8 Å². The largest absolute Gasteiger partial charge is 0.310 e. The molecule has 78 heavy (non-hydrogen) atoms. The lowest BCUT2D eigenvalue weighted by Crippen LogP contribution is -2.26. The van der Waals surface area contributed by atoms with Gasteiger partial charge in [0.2, 0.25) is 0 Å². The van der Waals surface area contributed by atoms with Crippen LogP contribution >= 0.6 is 0 Å². The van der Waals surface area contributed by atoms with E-state index in [4.69, 9.17) is 0 Å². The highest BCUT2D eigenvalue weighted by Gasteiger charge is 2.52. The Balaban J connectivity index is 0.823. The van der Waals surface area contributed by atoms with Gasteiger partial charge >= 0.3 is 0 Å². The summed E-state index contributed by atoms with van der Waals surface area (Å²) in [5, 5.41) is 2.47. The summed E-state index contributed by atoms with van der Waals surface area (Å²) in [4.78, 5) is 2.42. The fourth-order valence-corrected chi connectivity index (χ4v) is 14.1. The number of para-hydroxylation sites is 1. The predicted molar refractivity (Wildman–Crippen MR) is 326 cm³/mol. The Bertz CT molecular complexity index is 4560. The van der Waals surface area contributed by atoms with Gasteiger partial charge in [-0.05, 0) is 161 Å². The number of hydrogen-bond acceptors (Lipinski definition) is 1. The second-order valence-corrected chi connectivity index (χ2v) is 21.9. The van der Waals surface area contributed by atoms with Crippen molar-refractivity contribution < 1.29 is 0 Å². The molecule has 3 aliphatic carbocycles. The van der Waals surface area contributed by atoms with E-state index in [0.717, 1.165) is 17.1 Å². The van der Waals surface area contributed by atoms with Gasteiger partial charge in [0.1, 0.15) is 0 Å². The van der Waals surface area contributed by atoms with Crippen LogP contribution in [-0.4, -0.2) is 4.57 Å². The van der Waals surface area contributed by atoms with Gasteiger partial charge in [0.05, 0.1) is 22.1 Å². The van der Waals surface area contributed by atoms with E-state index in [9.17, 15) is 0 Å². The molecule has 2 nitrogen and oxygen atoms in total. The van der Waals surface area contributed by atoms with Crippen molar-refractivity contribution >= 4 is 38.9 Å². The molecular weight excluding hydrogens is 941 g/mol. The van der Waals surface area contributed by atoms with Gasteiger partial charge in [-0.1, -0.05) is 226 Å². The summed E-state index contributed by atoms with van der Waals surface area (Å²) in [6.07, 6.45) is 0. The molecule has 1 aromatic heterocycles. The third-order valence-corrected chi connectivity index (χ3v) is 17.6. The standard InChI is InChI=1S/C76H52N2/c1-75(2)65-26-13-9-22-58(65)60-44-42-57(48-69(60)75)77(55-38-32-51(33-39-55)49-18-5-3-6-19-49)56-40-34-52(35-41-56)53-37-45-72-64(46-53)62-24-12-16-30-71(62)78(72)73-31-17-29-68-74(73)63-25-11-15-28-67(63)76(68)66-27-14-10-23-59(66)61-43-36-54(47-70(61)76)50-20-7-4-8-21-50/h3-48H,1-2H3. The first-order chi connectivity index (χ1) is 38.4. The molecule has 0 saturated heterocycles. The molecule has 0 fully saturated rings. The first kappa shape index (κ1) is 44.5. The summed E-state index contributed by atoms with van der Waals surface area (Å²) >= 11 is 0. The highest BCUT2D eigenvalue weighted by Crippen LogP contribution is 2.64. The molecule has 0 amide bonds. The number of nitrogens with zero attached hydrogens (tertiary/aromatic N) is 2. The first-order valence-electron chi connectivity index (χ1n) is 27.3. The number of anilines is 3. The maximum atomic E-state index is 2.53. The van der Waals surface area contributed by atoms with Gasteiger partial charge in [-0.2, -0.15) is 0 Å². The van der Waals surface area contributed by atoms with Crippen molar-refractivity contribution in [2.45, 2.75) is 24.7 Å². The van der Waals surface area contributed by atoms with Gasteiger partial charge in [0.15, 0.2) is 0 Å². The van der Waals surface area contributed by atoms with Gasteiger partial charge in [0, 0.05) is 38.8 Å². The van der Waals surface area contributed by atoms with Crippen molar-refractivity contribution in [1.29, 1.82) is 0 Å². The molecule has 0 aliphatic heterocycles. The van der Waals surface area contributed by atoms with E-state index in [1.165, 1.54) is 128 Å². The van der Waals surface area contributed by atoms with Crippen LogP contribution < -0.4 is 4.90 Å². The van der Waals surface area contributed by atoms with Gasteiger partial charge in [-0.3, -0.25) is 0 Å². The third kappa shape index (κ3) is 6.32. The quantitative estimate of drug-likeness (QED) is 0.154. The van der Waals surface area contributed by atoms with E-state index in [1.807, 2.05) is 0 Å². The zero-order valence-corrected chi connectivity index (χ0v) is 43.5. The molecular formula is C76H52N2. The number of aromatic nitrogens is 1. The lowest BCUT2D eigenvalue weighted by molar-refractivity contribution is 0.660. The third-order valence-electron chi connectivity index (χ3n) is 17.6. The molecule has 1 unspecified atom stereocenters. The fraction of sp³-hybridized carbons (Fsp3) is 0.0526. The SMILES string of the molecule is CC1(C)c2ccccc2-c2ccc(N(c3ccc(-c4ccccc4)cc3)c3ccc(-c4ccc5c(c4)c4ccccc4n5-c4cccc5c4-c4ccccc4C54c5ccccc5-c5ccc(-c6ccccc6)cc54)cc3)cc21. The van der Waals surface area contributed by atoms with Crippen LogP contribution in [0.25, 0.3) is 94.3 Å². The molecule has 13 aromatic rings. The minimum Gasteiger partial charge on any atom is -0.310 e. The summed E-state index contributed by atoms with van der Waals surface area (Å²) in [6.45, 7) is 4.72. The van der Waals surface area contributed by atoms with Crippen LogP contribution in [0.3, 0.4) is 0 Å². The van der Waals surface area contributed by atoms with Crippen molar-refractivity contribution in [3.05, 3.63) is 312 Å². The van der Waals surface area contributed by atoms with Gasteiger partial charge in [-0.25, -0.2) is 0 Å². The van der Waals surface area contributed by atoms with Crippen LogP contribution in [0.1, 0.15) is 47.2 Å². The molecule has 0 bridgehead atoms. The molecule has 3 aliphatic rings. The minimum atomic E-state index is -0.485. The van der Waals surface area contributed by atoms with Crippen LogP contribution in [0.2, 0.25) is 0 Å². The Morgan fingerprint density at radius 2 is 0.744 bits per heavy atom. The molecule has 0 N–H and O–H groups in total. The molecule has 1 spiro atoms. The summed E-state index contributed by atoms with van der Waals surface area (Å²) in [6, 6.07) is 104. The number of hydrogen-bond donors (Lipinski definition) is 0. The Morgan fingerprint density at radius 3 is 1.46 bits per heavy atom. The maximum Gasteiger partial charge on any atom is 0.0726 e. The maximum absolute atomic E-state index is 2.53. The molecule has 2 heteroatoms. The van der Waals surface area contributed by atoms with Crippen molar-refractivity contribution in [1.82, 2.24) is 4.57 Å². The highest BCUT2D eigenvalue weighted by molar-refractivity contribution is 6.12. The van der Waals surface area contributed by atoms with Gasteiger partial charge < -0.3 is 9.47 Å². The molecule has 16 rings (SSSR count). The van der Waals surface area contributed by atoms with Crippen molar-refractivity contribution in [3.63, 3.8) is 0 Å². The van der Waals surface area contributed by atoms with E-state index in [2.05, 4.69) is 302 Å². The lowest BCUT2D eigenvalue weighted by Gasteiger charge is -2.31. The molecule has 0 radical (unpaired) electrons. The predicted octanol–water partition coefficient (Wildman–Crippen LogP) is 19.9. The Hall–Kier alpha value is -9.76. The van der Waals surface area contributed by atoms with Crippen molar-refractivity contribution in [3.8, 4) is 72.4 Å². The van der Waals surface area contributed by atoms with Crippen molar-refractivity contribution in [2.24, 2.45) is 0 Å². The van der Waals surface area contributed by atoms with Crippen molar-refractivity contribution in [2.75, 3.05) is 4.90 Å². The van der Waals surface area contributed by atoms with E-state index in [0.29, 0.717) is 0 Å². The second-order valence-electron chi connectivity index (χ2n) is 21.9. The monoisotopic (exact) mass is 992 g/mol. The minimum absolute atomic E-state index is 0.120. The van der Waals surface area contributed by atoms with Crippen LogP contribution in [0, 0.1) is 0 Å². The van der Waals surface area contributed by atoms with E-state index in [-0.39, 0.29) is 5.41 Å². The Morgan fingerprint density at radius 1 is 0.282 bits per heavy atom. The Labute approximate surface area is 455 Å². The lowest BCUT2D eigenvalue weighted by atomic mass is 9.70. The summed E-state index contributed by atoms with van der Waals surface area (Å²) in [5.74, 6) is 0. The summed E-state index contributed by atoms with van der Waals surface area (Å²) in [7, 11) is 0. The van der Waals surface area contributed by atoms with E-state index >= 15 is 0 Å². The second kappa shape index (κ2) is 16.9. The zero-order valence-electron chi connectivity index (χ0n) is 43.5. The van der Waals surface area contributed by atoms with E-state index < -0.39 is 5.41 Å². The van der Waals surface area contributed by atoms with Gasteiger partial charge in [-0.15, -0.1) is 0 Å². The molecule has 12 aromatic carbocycles. The van der Waals surface area contributed by atoms with Gasteiger partial charge in [0.25, 0.3) is 0 Å². The van der Waals surface area contributed by atoms with Crippen LogP contribution in [0.5, 0.6) is 0 Å². The van der Waals surface area contributed by atoms with Crippen LogP contribution in [0.4, 0.5) is 17.1 Å². The Kier molecular flexibility index (Phi) is 9.63. The summed E-state index contributed by atoms with van der Waals surface area (Å²) < 4.78 is 2.53. The highest BCUT2D eigenvalue weighted by atomic mass is 15.1. The van der Waals surface area contributed by atoms with E-state index in [1.54, 1.807) is 0 Å². The number of fused-ring (bicyclic) bond motifs is 16. The molecule has 1 heterocycles. The molecule has 1 atom stereocenters. The zero-order chi connectivity index (χ0) is 51.7. The molecule has 366 valence electrons. The molecule has 0 saturated carbocycles. The fourth-order valence-electron chi connectivity index (χ4n) is 14.1. The average molecular weight is 993 g/mol. The summed E-state index contributed by atoms with van der Waals surface area (Å²) in [5.41, 5.74) is 29.5. The topological polar surface area (TPSA) is 8.17 Å². The number of rotatable bonds is 7. The number of benzene rings is 12. The smallest absolute Gasteiger partial charge is 0.0726 e. The van der Waals surface area contributed by atoms with Crippen LogP contribution in [0.15, 0.2) is 279 Å². The first-order valence-corrected chi connectivity index (χ1v) is 27.3. The normalized spacial score (nSPS) is 14.9. The average Bonchev–Trinajstić information content (AvgIpc) is 4.05.